The summed E-state index contributed by atoms with van der Waals surface area (Å²) in [6.45, 7) is 4.80. The SMILES string of the molecule is COc1c(Br)cc(C)cc1C(C)CN. The van der Waals surface area contributed by atoms with Gasteiger partial charge < -0.3 is 10.5 Å². The molecule has 0 aliphatic heterocycles. The van der Waals surface area contributed by atoms with E-state index in [1.165, 1.54) is 11.1 Å². The Morgan fingerprint density at radius 3 is 2.64 bits per heavy atom. The molecular formula is C11H16BrNO. The Hall–Kier alpha value is -0.540. The van der Waals surface area contributed by atoms with Gasteiger partial charge in [0.1, 0.15) is 5.75 Å². The van der Waals surface area contributed by atoms with Crippen LogP contribution in [-0.2, 0) is 0 Å². The fraction of sp³-hybridized carbons (Fsp3) is 0.455. The third kappa shape index (κ3) is 2.28. The summed E-state index contributed by atoms with van der Waals surface area (Å²) in [4.78, 5) is 0. The van der Waals surface area contributed by atoms with E-state index in [0.29, 0.717) is 12.5 Å². The Balaban J connectivity index is 3.24. The second-order valence-electron chi connectivity index (χ2n) is 3.51. The van der Waals surface area contributed by atoms with E-state index in [2.05, 4.69) is 35.8 Å². The quantitative estimate of drug-likeness (QED) is 0.904. The lowest BCUT2D eigenvalue weighted by atomic mass is 9.98. The zero-order valence-corrected chi connectivity index (χ0v) is 10.4. The van der Waals surface area contributed by atoms with E-state index in [-0.39, 0.29) is 0 Å². The summed E-state index contributed by atoms with van der Waals surface area (Å²) in [5.74, 6) is 1.22. The average molecular weight is 258 g/mol. The van der Waals surface area contributed by atoms with Crippen LogP contribution < -0.4 is 10.5 Å². The normalized spacial score (nSPS) is 12.6. The van der Waals surface area contributed by atoms with Crippen LogP contribution in [0.15, 0.2) is 16.6 Å². The van der Waals surface area contributed by atoms with Crippen LogP contribution in [0, 0.1) is 6.92 Å². The van der Waals surface area contributed by atoms with Gasteiger partial charge in [-0.1, -0.05) is 13.0 Å². The van der Waals surface area contributed by atoms with Crippen LogP contribution in [0.25, 0.3) is 0 Å². The standard InChI is InChI=1S/C11H16BrNO/c1-7-4-9(8(2)6-13)11(14-3)10(12)5-7/h4-5,8H,6,13H2,1-3H3. The van der Waals surface area contributed by atoms with Gasteiger partial charge in [0, 0.05) is 0 Å². The maximum absolute atomic E-state index is 5.66. The van der Waals surface area contributed by atoms with Gasteiger partial charge in [0.15, 0.2) is 0 Å². The van der Waals surface area contributed by atoms with E-state index in [4.69, 9.17) is 10.5 Å². The summed E-state index contributed by atoms with van der Waals surface area (Å²) >= 11 is 3.49. The first-order valence-corrected chi connectivity index (χ1v) is 5.43. The molecule has 0 amide bonds. The molecule has 0 fully saturated rings. The molecular weight excluding hydrogens is 242 g/mol. The number of aryl methyl sites for hydroxylation is 1. The van der Waals surface area contributed by atoms with Gasteiger partial charge >= 0.3 is 0 Å². The third-order valence-corrected chi connectivity index (χ3v) is 2.89. The minimum atomic E-state index is 0.321. The summed E-state index contributed by atoms with van der Waals surface area (Å²) < 4.78 is 6.35. The van der Waals surface area contributed by atoms with Gasteiger partial charge in [0.25, 0.3) is 0 Å². The predicted octanol–water partition coefficient (Wildman–Crippen LogP) is 2.83. The molecule has 0 aromatic heterocycles. The third-order valence-electron chi connectivity index (χ3n) is 2.31. The van der Waals surface area contributed by atoms with Gasteiger partial charge in [-0.3, -0.25) is 0 Å². The first-order valence-electron chi connectivity index (χ1n) is 4.64. The molecule has 2 nitrogen and oxygen atoms in total. The Bertz CT molecular complexity index is 325. The molecule has 0 saturated carbocycles. The van der Waals surface area contributed by atoms with Crippen molar-refractivity contribution in [3.8, 4) is 5.75 Å². The summed E-state index contributed by atoms with van der Waals surface area (Å²) in [5, 5.41) is 0. The second kappa shape index (κ2) is 4.80. The number of hydrogen-bond donors (Lipinski definition) is 1. The van der Waals surface area contributed by atoms with Crippen molar-refractivity contribution in [3.63, 3.8) is 0 Å². The number of ether oxygens (including phenoxy) is 1. The van der Waals surface area contributed by atoms with E-state index >= 15 is 0 Å². The van der Waals surface area contributed by atoms with E-state index < -0.39 is 0 Å². The van der Waals surface area contributed by atoms with Gasteiger partial charge in [-0.05, 0) is 52.5 Å². The number of nitrogens with two attached hydrogens (primary N) is 1. The monoisotopic (exact) mass is 257 g/mol. The van der Waals surface area contributed by atoms with E-state index in [0.717, 1.165) is 10.2 Å². The fourth-order valence-corrected chi connectivity index (χ4v) is 2.22. The molecule has 1 rings (SSSR count). The molecule has 0 spiro atoms. The Morgan fingerprint density at radius 1 is 1.50 bits per heavy atom. The zero-order valence-electron chi connectivity index (χ0n) is 8.80. The molecule has 1 unspecified atom stereocenters. The highest BCUT2D eigenvalue weighted by molar-refractivity contribution is 9.10. The van der Waals surface area contributed by atoms with Crippen molar-refractivity contribution in [1.29, 1.82) is 0 Å². The highest BCUT2D eigenvalue weighted by atomic mass is 79.9. The van der Waals surface area contributed by atoms with Crippen LogP contribution in [0.2, 0.25) is 0 Å². The van der Waals surface area contributed by atoms with Gasteiger partial charge in [-0.2, -0.15) is 0 Å². The molecule has 3 heteroatoms. The lowest BCUT2D eigenvalue weighted by molar-refractivity contribution is 0.404. The van der Waals surface area contributed by atoms with Crippen molar-refractivity contribution >= 4 is 15.9 Å². The maximum atomic E-state index is 5.66. The summed E-state index contributed by atoms with van der Waals surface area (Å²) in [7, 11) is 1.68. The van der Waals surface area contributed by atoms with Crippen LogP contribution in [0.1, 0.15) is 24.0 Å². The van der Waals surface area contributed by atoms with Crippen LogP contribution >= 0.6 is 15.9 Å². The van der Waals surface area contributed by atoms with Gasteiger partial charge in [0.2, 0.25) is 0 Å². The average Bonchev–Trinajstić information content (AvgIpc) is 2.15. The van der Waals surface area contributed by atoms with Crippen molar-refractivity contribution in [2.24, 2.45) is 5.73 Å². The number of benzene rings is 1. The van der Waals surface area contributed by atoms with Crippen molar-refractivity contribution in [3.05, 3.63) is 27.7 Å². The van der Waals surface area contributed by atoms with Crippen molar-refractivity contribution in [2.45, 2.75) is 19.8 Å². The minimum absolute atomic E-state index is 0.321. The number of hydrogen-bond acceptors (Lipinski definition) is 2. The molecule has 0 radical (unpaired) electrons. The molecule has 0 aliphatic carbocycles. The topological polar surface area (TPSA) is 35.2 Å². The highest BCUT2D eigenvalue weighted by Crippen LogP contribution is 2.34. The Labute approximate surface area is 93.6 Å². The first kappa shape index (κ1) is 11.5. The molecule has 0 saturated heterocycles. The molecule has 2 N–H and O–H groups in total. The molecule has 78 valence electrons. The Morgan fingerprint density at radius 2 is 2.14 bits per heavy atom. The van der Waals surface area contributed by atoms with Gasteiger partial charge in [-0.15, -0.1) is 0 Å². The van der Waals surface area contributed by atoms with Gasteiger partial charge in [0.05, 0.1) is 11.6 Å². The first-order chi connectivity index (χ1) is 6.60. The highest BCUT2D eigenvalue weighted by Gasteiger charge is 2.13. The van der Waals surface area contributed by atoms with Crippen molar-refractivity contribution < 1.29 is 4.74 Å². The minimum Gasteiger partial charge on any atom is -0.495 e. The molecule has 1 atom stereocenters. The van der Waals surface area contributed by atoms with Crippen molar-refractivity contribution in [1.82, 2.24) is 0 Å². The number of methoxy groups -OCH3 is 1. The maximum Gasteiger partial charge on any atom is 0.136 e. The van der Waals surface area contributed by atoms with E-state index in [1.807, 2.05) is 6.07 Å². The largest absolute Gasteiger partial charge is 0.495 e. The van der Waals surface area contributed by atoms with Crippen LogP contribution in [0.5, 0.6) is 5.75 Å². The van der Waals surface area contributed by atoms with Crippen molar-refractivity contribution in [2.75, 3.05) is 13.7 Å². The lowest BCUT2D eigenvalue weighted by Crippen LogP contribution is -2.10. The predicted molar refractivity (Wildman–Crippen MR) is 62.9 cm³/mol. The molecule has 1 aromatic carbocycles. The van der Waals surface area contributed by atoms with Crippen LogP contribution in [-0.4, -0.2) is 13.7 Å². The van der Waals surface area contributed by atoms with E-state index in [9.17, 15) is 0 Å². The number of halogens is 1. The van der Waals surface area contributed by atoms with Crippen LogP contribution in [0.4, 0.5) is 0 Å². The fourth-order valence-electron chi connectivity index (χ4n) is 1.46. The molecule has 14 heavy (non-hydrogen) atoms. The molecule has 0 aliphatic rings. The van der Waals surface area contributed by atoms with Gasteiger partial charge in [-0.25, -0.2) is 0 Å². The van der Waals surface area contributed by atoms with E-state index in [1.54, 1.807) is 7.11 Å². The summed E-state index contributed by atoms with van der Waals surface area (Å²) in [6.07, 6.45) is 0. The molecule has 1 aromatic rings. The lowest BCUT2D eigenvalue weighted by Gasteiger charge is -2.16. The molecule has 0 heterocycles. The smallest absolute Gasteiger partial charge is 0.136 e. The van der Waals surface area contributed by atoms with Crippen LogP contribution in [0.3, 0.4) is 0 Å². The summed E-state index contributed by atoms with van der Waals surface area (Å²) in [6, 6.07) is 4.17. The summed E-state index contributed by atoms with van der Waals surface area (Å²) in [5.41, 5.74) is 8.04. The number of rotatable bonds is 3. The second-order valence-corrected chi connectivity index (χ2v) is 4.36. The zero-order chi connectivity index (χ0) is 10.7. The molecule has 0 bridgehead atoms. The Kier molecular flexibility index (Phi) is 3.96.